The van der Waals surface area contributed by atoms with Gasteiger partial charge in [-0.2, -0.15) is 0 Å². The van der Waals surface area contributed by atoms with E-state index in [1.165, 1.54) is 0 Å². The van der Waals surface area contributed by atoms with Crippen molar-refractivity contribution >= 4 is 0 Å². The van der Waals surface area contributed by atoms with Crippen molar-refractivity contribution in [1.29, 1.82) is 0 Å². The Morgan fingerprint density at radius 1 is 1.10 bits per heavy atom. The summed E-state index contributed by atoms with van der Waals surface area (Å²) in [4.78, 5) is 0. The van der Waals surface area contributed by atoms with E-state index in [4.69, 9.17) is 6.42 Å². The summed E-state index contributed by atoms with van der Waals surface area (Å²) in [5, 5.41) is 0. The van der Waals surface area contributed by atoms with Crippen LogP contribution in [0, 0.1) is 12.3 Å². The Morgan fingerprint density at radius 2 is 1.60 bits per heavy atom. The molecule has 0 atom stereocenters. The Morgan fingerprint density at radius 3 is 1.90 bits per heavy atom. The van der Waals surface area contributed by atoms with Gasteiger partial charge in [-0.15, -0.1) is 17.7 Å². The second-order valence-corrected chi connectivity index (χ2v) is 1.49. The molecule has 1 aromatic rings. The molecule has 0 unspecified atom stereocenters. The summed E-state index contributed by atoms with van der Waals surface area (Å²) >= 11 is 0. The van der Waals surface area contributed by atoms with Crippen LogP contribution >= 0.6 is 0 Å². The largest absolute Gasteiger partial charge is 1.00 e. The zero-order valence-electron chi connectivity index (χ0n) is 5.07. The van der Waals surface area contributed by atoms with Crippen LogP contribution in [0.15, 0.2) is 30.3 Å². The smallest absolute Gasteiger partial charge is 1.00 e. The normalized spacial score (nSPS) is 6.30. The van der Waals surface area contributed by atoms with Crippen molar-refractivity contribution in [3.05, 3.63) is 42.3 Å². The van der Waals surface area contributed by atoms with Crippen LogP contribution in [-0.2, 0) is 22.4 Å². The molecule has 0 saturated heterocycles. The first-order valence-electron chi connectivity index (χ1n) is 2.41. The molecule has 0 spiro atoms. The average molecular weight is 334 g/mol. The Labute approximate surface area is 82.9 Å². The molecule has 56 valence electrons. The molecule has 0 bridgehead atoms. The summed E-state index contributed by atoms with van der Waals surface area (Å²) in [5.41, 5.74) is 0.826. The van der Waals surface area contributed by atoms with Gasteiger partial charge >= 0.3 is 22.4 Å². The van der Waals surface area contributed by atoms with Gasteiger partial charge in [0.25, 0.3) is 0 Å². The minimum Gasteiger partial charge on any atom is -1.00 e. The van der Waals surface area contributed by atoms with Crippen molar-refractivity contribution < 1.29 is 34.8 Å². The minimum absolute atomic E-state index is 0. The van der Waals surface area contributed by atoms with Gasteiger partial charge in [0.05, 0.1) is 0 Å². The molecule has 0 radical (unpaired) electrons. The third-order valence-corrected chi connectivity index (χ3v) is 0.918. The first-order chi connectivity index (χ1) is 3.93. The third kappa shape index (κ3) is 3.76. The van der Waals surface area contributed by atoms with E-state index in [9.17, 15) is 0 Å². The Balaban J connectivity index is 0. The predicted octanol–water partition coefficient (Wildman–Crippen LogP) is -1.37. The van der Waals surface area contributed by atoms with E-state index in [0.29, 0.717) is 0 Å². The molecule has 0 fully saturated rings. The number of halogens is 1. The SMILES string of the molecule is [Au+].[C-]#Cc1ccccc1.[Cl-]. The van der Waals surface area contributed by atoms with Gasteiger partial charge in [0, 0.05) is 0 Å². The van der Waals surface area contributed by atoms with Crippen molar-refractivity contribution in [2.45, 2.75) is 0 Å². The van der Waals surface area contributed by atoms with Gasteiger partial charge in [-0.05, 0) is 0 Å². The summed E-state index contributed by atoms with van der Waals surface area (Å²) in [6, 6.07) is 9.37. The molecule has 2 heteroatoms. The summed E-state index contributed by atoms with van der Waals surface area (Å²) < 4.78 is 0. The van der Waals surface area contributed by atoms with Crippen LogP contribution in [-0.4, -0.2) is 0 Å². The summed E-state index contributed by atoms with van der Waals surface area (Å²) in [6.07, 6.45) is 6.69. The van der Waals surface area contributed by atoms with Crippen LogP contribution < -0.4 is 12.4 Å². The van der Waals surface area contributed by atoms with Gasteiger partial charge in [-0.1, -0.05) is 18.2 Å². The molecule has 0 amide bonds. The van der Waals surface area contributed by atoms with Crippen molar-refractivity contribution in [2.75, 3.05) is 0 Å². The van der Waals surface area contributed by atoms with Gasteiger partial charge < -0.3 is 18.8 Å². The monoisotopic (exact) mass is 333 g/mol. The number of hydrogen-bond donors (Lipinski definition) is 0. The summed E-state index contributed by atoms with van der Waals surface area (Å²) in [5.74, 6) is 2.28. The van der Waals surface area contributed by atoms with E-state index in [1.54, 1.807) is 0 Å². The third-order valence-electron chi connectivity index (χ3n) is 0.918. The van der Waals surface area contributed by atoms with Crippen LogP contribution in [0.4, 0.5) is 0 Å². The zero-order valence-corrected chi connectivity index (χ0v) is 7.99. The maximum Gasteiger partial charge on any atom is 1.00 e. The van der Waals surface area contributed by atoms with E-state index in [1.807, 2.05) is 30.3 Å². The van der Waals surface area contributed by atoms with Crippen LogP contribution in [0.2, 0.25) is 0 Å². The van der Waals surface area contributed by atoms with Gasteiger partial charge in [-0.3, -0.25) is 5.92 Å². The van der Waals surface area contributed by atoms with Gasteiger partial charge in [0.1, 0.15) is 0 Å². The molecule has 0 nitrogen and oxygen atoms in total. The molecule has 0 aromatic heterocycles. The second kappa shape index (κ2) is 6.92. The van der Waals surface area contributed by atoms with Gasteiger partial charge in [-0.25, -0.2) is 0 Å². The molecule has 0 saturated carbocycles. The number of benzene rings is 1. The maximum atomic E-state index is 6.69. The molecular formula is C8H5AuCl-. The first-order valence-corrected chi connectivity index (χ1v) is 2.41. The number of rotatable bonds is 0. The molecule has 1 rings (SSSR count). The Hall–Kier alpha value is -0.190. The fraction of sp³-hybridized carbons (Fsp3) is 0. The predicted molar refractivity (Wildman–Crippen MR) is 32.7 cm³/mol. The molecule has 0 aliphatic heterocycles. The standard InChI is InChI=1S/C8H5.Au.ClH/c1-2-8-6-4-3-5-7-8;;/h3-7H;;1H/q-1;+1;/p-1. The molecule has 0 N–H and O–H groups in total. The van der Waals surface area contributed by atoms with Crippen LogP contribution in [0.3, 0.4) is 0 Å². The Bertz CT molecular complexity index is 200. The van der Waals surface area contributed by atoms with Crippen LogP contribution in [0.5, 0.6) is 0 Å². The minimum atomic E-state index is 0. The molecule has 0 aliphatic carbocycles. The van der Waals surface area contributed by atoms with E-state index in [-0.39, 0.29) is 34.8 Å². The second-order valence-electron chi connectivity index (χ2n) is 1.49. The van der Waals surface area contributed by atoms with Crippen molar-refractivity contribution in [3.8, 4) is 5.92 Å². The topological polar surface area (TPSA) is 0 Å². The van der Waals surface area contributed by atoms with Crippen molar-refractivity contribution in [3.63, 3.8) is 0 Å². The number of hydrogen-bond acceptors (Lipinski definition) is 0. The van der Waals surface area contributed by atoms with E-state index >= 15 is 0 Å². The molecule has 0 aliphatic rings. The molecular weight excluding hydrogens is 329 g/mol. The van der Waals surface area contributed by atoms with Crippen molar-refractivity contribution in [2.24, 2.45) is 0 Å². The van der Waals surface area contributed by atoms with Crippen LogP contribution in [0.25, 0.3) is 0 Å². The van der Waals surface area contributed by atoms with Gasteiger partial charge in [0.2, 0.25) is 0 Å². The maximum absolute atomic E-state index is 6.69. The summed E-state index contributed by atoms with van der Waals surface area (Å²) in [6.45, 7) is 0. The molecule has 1 aromatic carbocycles. The van der Waals surface area contributed by atoms with E-state index in [0.717, 1.165) is 5.56 Å². The molecule has 10 heavy (non-hydrogen) atoms. The fourth-order valence-corrected chi connectivity index (χ4v) is 0.521. The summed E-state index contributed by atoms with van der Waals surface area (Å²) in [7, 11) is 0. The van der Waals surface area contributed by atoms with Crippen molar-refractivity contribution in [1.82, 2.24) is 0 Å². The Kier molecular flexibility index (Phi) is 8.64. The van der Waals surface area contributed by atoms with Crippen LogP contribution in [0.1, 0.15) is 5.56 Å². The van der Waals surface area contributed by atoms with Gasteiger partial charge in [0.15, 0.2) is 0 Å². The first kappa shape index (κ1) is 12.5. The zero-order chi connectivity index (χ0) is 5.82. The average Bonchev–Trinajstić information content (AvgIpc) is 1.90. The fourth-order valence-electron chi connectivity index (χ4n) is 0.521. The quantitative estimate of drug-likeness (QED) is 0.312. The van der Waals surface area contributed by atoms with E-state index in [2.05, 4.69) is 5.92 Å². The molecule has 0 heterocycles. The van der Waals surface area contributed by atoms with E-state index < -0.39 is 0 Å².